The van der Waals surface area contributed by atoms with E-state index in [2.05, 4.69) is 4.74 Å². The van der Waals surface area contributed by atoms with Crippen LogP contribution in [-0.4, -0.2) is 126 Å². The van der Waals surface area contributed by atoms with E-state index in [1.165, 1.54) is 0 Å². The molecule has 2 aliphatic heterocycles. The largest absolute Gasteiger partial charge is 0.480 e. The molecule has 0 amide bonds. The lowest BCUT2D eigenvalue weighted by molar-refractivity contribution is -0.304. The summed E-state index contributed by atoms with van der Waals surface area (Å²) in [6.07, 6.45) is -28.8. The van der Waals surface area contributed by atoms with Crippen LogP contribution in [0.5, 0.6) is 0 Å². The topological polar surface area (TPSA) is 316 Å². The van der Waals surface area contributed by atoms with Gasteiger partial charge in [0, 0.05) is 24.5 Å². The van der Waals surface area contributed by atoms with Crippen molar-refractivity contribution < 1.29 is 89.0 Å². The summed E-state index contributed by atoms with van der Waals surface area (Å²) in [4.78, 5) is 51.6. The molecule has 29 heteroatoms. The number of alkyl halides is 6. The number of hydrogen-bond donors (Lipinski definition) is 7. The summed E-state index contributed by atoms with van der Waals surface area (Å²) in [6.45, 7) is -6.02. The molecular formula is C26H30F6N5O17P. The van der Waals surface area contributed by atoms with Gasteiger partial charge in [-0.3, -0.25) is 37.7 Å². The Morgan fingerprint density at radius 2 is 1.53 bits per heavy atom. The molecule has 22 nitrogen and oxygen atoms in total. The van der Waals surface area contributed by atoms with E-state index in [1.54, 1.807) is 11.1 Å². The van der Waals surface area contributed by atoms with Crippen molar-refractivity contribution in [3.05, 3.63) is 66.2 Å². The predicted molar refractivity (Wildman–Crippen MR) is 158 cm³/mol. The van der Waals surface area contributed by atoms with Gasteiger partial charge in [-0.2, -0.15) is 31.6 Å². The van der Waals surface area contributed by atoms with Gasteiger partial charge < -0.3 is 44.5 Å². The van der Waals surface area contributed by atoms with Crippen LogP contribution in [0.2, 0.25) is 0 Å². The van der Waals surface area contributed by atoms with Gasteiger partial charge in [-0.15, -0.1) is 0 Å². The Hall–Kier alpha value is -3.82. The SMILES string of the molecule is N#CCCOP(=O)(OC(O)[C@@H]1O[C@H](n2ccc(=O)[nH]c2=O)C(O)C1O)OC1(O)C(OCOCC(C(F)(F)F)C(F)(F)F)[C@@H](n2ccc(=O)[nH]c2=O)O[C@H]1CO. The Labute approximate surface area is 300 Å². The summed E-state index contributed by atoms with van der Waals surface area (Å²) < 4.78 is 129. The maximum absolute atomic E-state index is 14.1. The molecule has 7 N–H and O–H groups in total. The van der Waals surface area contributed by atoms with Crippen molar-refractivity contribution in [3.8, 4) is 6.07 Å². The number of nitrogens with zero attached hydrogens (tertiary/aromatic N) is 3. The van der Waals surface area contributed by atoms with Crippen molar-refractivity contribution in [2.45, 2.75) is 73.8 Å². The standard InChI is InChI=1S/C26H30F6N5O17P/c27-25(28,29)11(26(30,31)32)9-48-10-49-18-20(37-6-3-14(40)35-23(37)45)51-12(8-38)24(18,46)54-55(47,50-7-1-4-33)53-21(43)17-15(41)16(42)19(52-17)36-5-2-13(39)34-22(36)44/h2-3,5-6,11-12,15-21,38,41-43,46H,1,7-10H2,(H,34,39,44)(H,35,40,45)/t12-,15?,16?,17+,18?,19-,20-,21?,24?,55?/m0/s1. The number of aliphatic hydroxyl groups is 5. The van der Waals surface area contributed by atoms with Crippen molar-refractivity contribution in [1.29, 1.82) is 5.26 Å². The second-order valence-corrected chi connectivity index (χ2v) is 13.0. The molecule has 0 bridgehead atoms. The van der Waals surface area contributed by atoms with Crippen LogP contribution in [0.25, 0.3) is 0 Å². The molecule has 0 aromatic carbocycles. The number of aromatic nitrogens is 4. The molecule has 2 fully saturated rings. The predicted octanol–water partition coefficient (Wildman–Crippen LogP) is -2.23. The van der Waals surface area contributed by atoms with Crippen molar-refractivity contribution in [1.82, 2.24) is 19.1 Å². The molecule has 2 aliphatic rings. The number of hydrogen-bond acceptors (Lipinski definition) is 18. The molecule has 4 rings (SSSR count). The van der Waals surface area contributed by atoms with Crippen molar-refractivity contribution >= 4 is 7.82 Å². The summed E-state index contributed by atoms with van der Waals surface area (Å²) in [6, 6.07) is 3.08. The number of phosphoric acid groups is 1. The average Bonchev–Trinajstić information content (AvgIpc) is 3.50. The van der Waals surface area contributed by atoms with Gasteiger partial charge in [-0.05, 0) is 0 Å². The molecule has 0 saturated carbocycles. The van der Waals surface area contributed by atoms with E-state index in [0.29, 0.717) is 21.4 Å². The summed E-state index contributed by atoms with van der Waals surface area (Å²) in [7, 11) is -5.75. The minimum absolute atomic E-state index is 0.421. The van der Waals surface area contributed by atoms with Gasteiger partial charge in [0.05, 0.1) is 32.3 Å². The minimum atomic E-state index is -5.86. The zero-order valence-corrected chi connectivity index (χ0v) is 28.1. The van der Waals surface area contributed by atoms with Crippen LogP contribution in [0.1, 0.15) is 18.9 Å². The molecule has 308 valence electrons. The molecule has 10 atom stereocenters. The Morgan fingerprint density at radius 1 is 0.964 bits per heavy atom. The monoisotopic (exact) mass is 829 g/mol. The molecule has 0 radical (unpaired) electrons. The third-order valence-electron chi connectivity index (χ3n) is 7.77. The number of aromatic amines is 2. The highest BCUT2D eigenvalue weighted by Crippen LogP contribution is 2.58. The zero-order chi connectivity index (χ0) is 41.1. The Balaban J connectivity index is 1.67. The number of aliphatic hydroxyl groups excluding tert-OH is 4. The molecule has 0 aliphatic carbocycles. The Morgan fingerprint density at radius 3 is 2.04 bits per heavy atom. The van der Waals surface area contributed by atoms with E-state index in [9.17, 15) is 75.6 Å². The van der Waals surface area contributed by atoms with Gasteiger partial charge in [0.1, 0.15) is 31.2 Å². The van der Waals surface area contributed by atoms with Crippen LogP contribution in [-0.2, 0) is 37.1 Å². The average molecular weight is 830 g/mol. The van der Waals surface area contributed by atoms with E-state index in [1.807, 2.05) is 4.98 Å². The van der Waals surface area contributed by atoms with Crippen LogP contribution < -0.4 is 22.5 Å². The van der Waals surface area contributed by atoms with Gasteiger partial charge >= 0.3 is 31.6 Å². The van der Waals surface area contributed by atoms with E-state index in [-0.39, 0.29) is 0 Å². The fraction of sp³-hybridized carbons (Fsp3) is 0.654. The molecule has 2 aromatic heterocycles. The second-order valence-electron chi connectivity index (χ2n) is 11.4. The van der Waals surface area contributed by atoms with Crippen molar-refractivity contribution in [2.24, 2.45) is 5.92 Å². The molecule has 55 heavy (non-hydrogen) atoms. The molecular weight excluding hydrogens is 799 g/mol. The van der Waals surface area contributed by atoms with E-state index >= 15 is 0 Å². The first kappa shape index (κ1) is 43.9. The first-order valence-corrected chi connectivity index (χ1v) is 16.7. The fourth-order valence-electron chi connectivity index (χ4n) is 5.14. The van der Waals surface area contributed by atoms with Gasteiger partial charge in [0.15, 0.2) is 30.8 Å². The van der Waals surface area contributed by atoms with Crippen LogP contribution in [0.4, 0.5) is 26.3 Å². The lowest BCUT2D eigenvalue weighted by Crippen LogP contribution is -2.53. The number of halogens is 6. The Bertz CT molecular complexity index is 1950. The van der Waals surface area contributed by atoms with Gasteiger partial charge in [-0.1, -0.05) is 0 Å². The van der Waals surface area contributed by atoms with Crippen LogP contribution in [0, 0.1) is 17.2 Å². The lowest BCUT2D eigenvalue weighted by Gasteiger charge is -2.35. The normalized spacial score (nSPS) is 29.0. The van der Waals surface area contributed by atoms with Crippen molar-refractivity contribution in [3.63, 3.8) is 0 Å². The first-order chi connectivity index (χ1) is 25.6. The number of nitrogens with one attached hydrogen (secondary N) is 2. The quantitative estimate of drug-likeness (QED) is 0.0408. The lowest BCUT2D eigenvalue weighted by atomic mass is 10.1. The molecule has 6 unspecified atom stereocenters. The maximum Gasteiger partial charge on any atom is 0.480 e. The third kappa shape index (κ3) is 9.95. The maximum atomic E-state index is 14.1. The first-order valence-electron chi connectivity index (χ1n) is 15.2. The molecule has 4 heterocycles. The fourth-order valence-corrected chi connectivity index (χ4v) is 6.58. The number of ether oxygens (including phenoxy) is 4. The summed E-state index contributed by atoms with van der Waals surface area (Å²) in [5, 5.41) is 62.8. The summed E-state index contributed by atoms with van der Waals surface area (Å²) in [5.74, 6) is -7.59. The number of phosphoric ester groups is 1. The van der Waals surface area contributed by atoms with Crippen LogP contribution in [0.15, 0.2) is 43.7 Å². The summed E-state index contributed by atoms with van der Waals surface area (Å²) in [5.41, 5.74) is -4.37. The highest BCUT2D eigenvalue weighted by atomic mass is 31.2. The second kappa shape index (κ2) is 17.1. The highest BCUT2D eigenvalue weighted by molar-refractivity contribution is 7.48. The number of H-pyrrole nitrogens is 2. The van der Waals surface area contributed by atoms with Crippen LogP contribution >= 0.6 is 7.82 Å². The highest BCUT2D eigenvalue weighted by Gasteiger charge is 2.63. The Kier molecular flexibility index (Phi) is 13.7. The van der Waals surface area contributed by atoms with E-state index in [4.69, 9.17) is 33.0 Å². The summed E-state index contributed by atoms with van der Waals surface area (Å²) >= 11 is 0. The smallest absolute Gasteiger partial charge is 0.393 e. The zero-order valence-electron chi connectivity index (χ0n) is 27.2. The van der Waals surface area contributed by atoms with Gasteiger partial charge in [0.2, 0.25) is 5.79 Å². The van der Waals surface area contributed by atoms with Gasteiger partial charge in [-0.25, -0.2) is 18.7 Å². The van der Waals surface area contributed by atoms with E-state index < -0.39 is 137 Å². The van der Waals surface area contributed by atoms with E-state index in [0.717, 1.165) is 12.3 Å². The van der Waals surface area contributed by atoms with Crippen LogP contribution in [0.3, 0.4) is 0 Å². The van der Waals surface area contributed by atoms with Gasteiger partial charge in [0.25, 0.3) is 11.1 Å². The number of nitriles is 1. The molecule has 2 aromatic rings. The molecule has 2 saturated heterocycles. The third-order valence-corrected chi connectivity index (χ3v) is 9.26. The number of rotatable bonds is 16. The minimum Gasteiger partial charge on any atom is -0.393 e. The molecule has 0 spiro atoms. The van der Waals surface area contributed by atoms with Crippen molar-refractivity contribution in [2.75, 3.05) is 26.6 Å².